The van der Waals surface area contributed by atoms with Crippen LogP contribution in [0, 0.1) is 0 Å². The first kappa shape index (κ1) is 3.60. The second kappa shape index (κ2) is 3.90. The third-order valence-corrected chi connectivity index (χ3v) is 1.38. The number of hydrogen-bond acceptors (Lipinski definition) is 2. The molecule has 1 rings (SSSR count). The van der Waals surface area contributed by atoms with E-state index in [0.717, 1.165) is 0 Å². The number of benzene rings is 1. The first-order valence-corrected chi connectivity index (χ1v) is 3.51. The molecule has 0 unspecified atom stereocenters. The predicted octanol–water partition coefficient (Wildman–Crippen LogP) is 2.52. The van der Waals surface area contributed by atoms with Crippen molar-refractivity contribution >= 4 is 11.4 Å². The molecule has 12 heavy (non-hydrogen) atoms. The summed E-state index contributed by atoms with van der Waals surface area (Å²) in [6.45, 7) is -5.48. The molecule has 0 fully saturated rings. The lowest BCUT2D eigenvalue weighted by Gasteiger charge is -2.12. The van der Waals surface area contributed by atoms with Crippen LogP contribution in [0.25, 0.3) is 0 Å². The monoisotopic (exact) mass is 168 g/mol. The lowest BCUT2D eigenvalue weighted by atomic mass is 10.3. The minimum Gasteiger partial charge on any atom is -0.269 e. The van der Waals surface area contributed by atoms with Crippen molar-refractivity contribution in [3.8, 4) is 0 Å². The Labute approximate surface area is 81.9 Å². The zero-order chi connectivity index (χ0) is 14.0. The van der Waals surface area contributed by atoms with E-state index in [9.17, 15) is 0 Å². The number of hydrazone groups is 1. The highest BCUT2D eigenvalue weighted by atomic mass is 15.4. The van der Waals surface area contributed by atoms with E-state index in [4.69, 9.17) is 8.22 Å². The average Bonchev–Trinajstić information content (AvgIpc) is 2.23. The van der Waals surface area contributed by atoms with E-state index < -0.39 is 19.4 Å². The number of hydrogen-bond donors (Lipinski definition) is 0. The molecule has 2 nitrogen and oxygen atoms in total. The molecule has 0 atom stereocenters. The van der Waals surface area contributed by atoms with Gasteiger partial charge >= 0.3 is 0 Å². The van der Waals surface area contributed by atoms with Gasteiger partial charge in [-0.2, -0.15) is 5.10 Å². The Kier molecular flexibility index (Phi) is 1.17. The van der Waals surface area contributed by atoms with Gasteiger partial charge in [0.15, 0.2) is 0 Å². The molecule has 0 radical (unpaired) electrons. The summed E-state index contributed by atoms with van der Waals surface area (Å²) in [5, 5.41) is 4.96. The summed E-state index contributed by atoms with van der Waals surface area (Å²) in [5.41, 5.74) is -0.176. The Morgan fingerprint density at radius 3 is 2.58 bits per heavy atom. The van der Waals surface area contributed by atoms with Crippen LogP contribution in [-0.2, 0) is 0 Å². The van der Waals surface area contributed by atoms with Crippen molar-refractivity contribution in [2.24, 2.45) is 5.10 Å². The van der Waals surface area contributed by atoms with E-state index >= 15 is 0 Å². The standard InChI is InChI=1S/C10H14N2/c1-9(2)11-12(3)10-7-5-4-6-8-10/h4-8H,1-3H3/i1D3,2D3. The Bertz CT molecular complexity index is 404. The molecule has 0 spiro atoms. The van der Waals surface area contributed by atoms with E-state index in [1.165, 1.54) is 12.1 Å². The van der Waals surface area contributed by atoms with Gasteiger partial charge in [0, 0.05) is 21.0 Å². The van der Waals surface area contributed by atoms with Crippen molar-refractivity contribution < 1.29 is 8.22 Å². The molecule has 1 aromatic rings. The van der Waals surface area contributed by atoms with Crippen molar-refractivity contribution in [2.75, 3.05) is 12.1 Å². The lowest BCUT2D eigenvalue weighted by Crippen LogP contribution is -2.09. The summed E-state index contributed by atoms with van der Waals surface area (Å²) in [6.07, 6.45) is 0. The van der Waals surface area contributed by atoms with Crippen LogP contribution >= 0.6 is 0 Å². The van der Waals surface area contributed by atoms with Gasteiger partial charge < -0.3 is 0 Å². The zero-order valence-corrected chi connectivity index (χ0v) is 6.78. The van der Waals surface area contributed by atoms with Crippen LogP contribution in [0.1, 0.15) is 21.9 Å². The van der Waals surface area contributed by atoms with Crippen LogP contribution in [0.5, 0.6) is 0 Å². The van der Waals surface area contributed by atoms with Crippen LogP contribution in [-0.4, -0.2) is 12.8 Å². The minimum atomic E-state index is -2.74. The van der Waals surface area contributed by atoms with Crippen LogP contribution in [0.2, 0.25) is 0 Å². The molecule has 2 heteroatoms. The van der Waals surface area contributed by atoms with Crippen molar-refractivity contribution in [3.63, 3.8) is 0 Å². The maximum Gasteiger partial charge on any atom is 0.0590 e. The van der Waals surface area contributed by atoms with Crippen molar-refractivity contribution in [1.29, 1.82) is 0 Å². The van der Waals surface area contributed by atoms with E-state index in [1.807, 2.05) is 0 Å². The van der Waals surface area contributed by atoms with Gasteiger partial charge in [-0.15, -0.1) is 0 Å². The number of nitrogens with zero attached hydrogens (tertiary/aromatic N) is 2. The van der Waals surface area contributed by atoms with E-state index in [1.54, 1.807) is 30.3 Å². The fraction of sp³-hybridized carbons (Fsp3) is 0.300. The maximum atomic E-state index is 7.22. The molecule has 0 amide bonds. The van der Waals surface area contributed by atoms with Gasteiger partial charge in [-0.25, -0.2) is 0 Å². The lowest BCUT2D eigenvalue weighted by molar-refractivity contribution is 1.01. The summed E-state index contributed by atoms with van der Waals surface area (Å²) in [5.74, 6) is 0. The molecule has 0 aromatic heterocycles. The topological polar surface area (TPSA) is 15.6 Å². The highest BCUT2D eigenvalue weighted by Crippen LogP contribution is 2.10. The van der Waals surface area contributed by atoms with Gasteiger partial charge in [0.05, 0.1) is 5.69 Å². The molecule has 0 aliphatic heterocycles. The normalized spacial score (nSPS) is 18.8. The number of rotatable bonds is 2. The molecule has 0 aliphatic rings. The Morgan fingerprint density at radius 1 is 1.33 bits per heavy atom. The Hall–Kier alpha value is -1.31. The fourth-order valence-electron chi connectivity index (χ4n) is 0.851. The van der Waals surface area contributed by atoms with Gasteiger partial charge in [-0.1, -0.05) is 18.2 Å². The largest absolute Gasteiger partial charge is 0.269 e. The van der Waals surface area contributed by atoms with Gasteiger partial charge in [0.1, 0.15) is 0 Å². The molecular formula is C10H14N2. The van der Waals surface area contributed by atoms with Crippen molar-refractivity contribution in [1.82, 2.24) is 0 Å². The predicted molar refractivity (Wildman–Crippen MR) is 53.6 cm³/mol. The van der Waals surface area contributed by atoms with Gasteiger partial charge in [0.2, 0.25) is 0 Å². The summed E-state index contributed by atoms with van der Waals surface area (Å²) in [4.78, 5) is 0. The number of anilines is 1. The van der Waals surface area contributed by atoms with Crippen LogP contribution in [0.3, 0.4) is 0 Å². The van der Waals surface area contributed by atoms with E-state index in [0.29, 0.717) is 5.69 Å². The molecule has 1 aromatic carbocycles. The molecular weight excluding hydrogens is 148 g/mol. The van der Waals surface area contributed by atoms with Crippen molar-refractivity contribution in [2.45, 2.75) is 13.7 Å². The molecule has 0 aliphatic carbocycles. The highest BCUT2D eigenvalue weighted by molar-refractivity contribution is 5.80. The fourth-order valence-corrected chi connectivity index (χ4v) is 0.851. The first-order valence-electron chi connectivity index (χ1n) is 6.51. The van der Waals surface area contributed by atoms with E-state index in [-0.39, 0.29) is 0 Å². The smallest absolute Gasteiger partial charge is 0.0590 e. The molecule has 0 N–H and O–H groups in total. The second-order valence-corrected chi connectivity index (χ2v) is 2.31. The van der Waals surface area contributed by atoms with E-state index in [2.05, 4.69) is 5.10 Å². The second-order valence-electron chi connectivity index (χ2n) is 2.31. The summed E-state index contributed by atoms with van der Waals surface area (Å²) < 4.78 is 43.3. The Balaban J connectivity index is 3.11. The summed E-state index contributed by atoms with van der Waals surface area (Å²) in [7, 11) is 1.51. The molecule has 0 bridgehead atoms. The van der Waals surface area contributed by atoms with Gasteiger partial charge in [-0.05, 0) is 25.8 Å². The average molecular weight is 168 g/mol. The summed E-state index contributed by atoms with van der Waals surface area (Å²) in [6, 6.07) is 8.73. The summed E-state index contributed by atoms with van der Waals surface area (Å²) >= 11 is 0. The molecule has 0 saturated heterocycles. The van der Waals surface area contributed by atoms with Gasteiger partial charge in [-0.3, -0.25) is 5.01 Å². The highest BCUT2D eigenvalue weighted by Gasteiger charge is 1.94. The van der Waals surface area contributed by atoms with Crippen LogP contribution in [0.15, 0.2) is 35.4 Å². The Morgan fingerprint density at radius 2 is 2.00 bits per heavy atom. The van der Waals surface area contributed by atoms with Crippen molar-refractivity contribution in [3.05, 3.63) is 30.3 Å². The van der Waals surface area contributed by atoms with Crippen LogP contribution < -0.4 is 5.01 Å². The zero-order valence-electron chi connectivity index (χ0n) is 12.8. The third kappa shape index (κ3) is 2.38. The van der Waals surface area contributed by atoms with Crippen LogP contribution in [0.4, 0.5) is 5.69 Å². The first-order chi connectivity index (χ1) is 8.12. The quantitative estimate of drug-likeness (QED) is 0.489. The molecule has 64 valence electrons. The molecule has 0 saturated carbocycles. The van der Waals surface area contributed by atoms with Gasteiger partial charge in [0.25, 0.3) is 0 Å². The SMILES string of the molecule is [2H]C([2H])([2H])C(=NN(C)c1ccccc1)C([2H])([2H])[2H]. The third-order valence-electron chi connectivity index (χ3n) is 1.38. The minimum absolute atomic E-state index is 0.614. The number of para-hydroxylation sites is 1. The maximum absolute atomic E-state index is 7.22. The molecule has 0 heterocycles.